The van der Waals surface area contributed by atoms with Gasteiger partial charge in [-0.2, -0.15) is 13.2 Å². The third-order valence-electron chi connectivity index (χ3n) is 6.16. The molecule has 0 bridgehead atoms. The summed E-state index contributed by atoms with van der Waals surface area (Å²) in [5.41, 5.74) is 0.0549. The molecule has 0 spiro atoms. The van der Waals surface area contributed by atoms with E-state index in [1.165, 1.54) is 16.9 Å². The minimum absolute atomic E-state index is 0.000809. The van der Waals surface area contributed by atoms with Crippen molar-refractivity contribution in [3.8, 4) is 17.1 Å². The molecule has 1 aliphatic heterocycles. The van der Waals surface area contributed by atoms with Crippen molar-refractivity contribution in [2.75, 3.05) is 31.9 Å². The van der Waals surface area contributed by atoms with E-state index in [2.05, 4.69) is 26.1 Å². The summed E-state index contributed by atoms with van der Waals surface area (Å²) in [5, 5.41) is 8.76. The Hall–Kier alpha value is -3.58. The summed E-state index contributed by atoms with van der Waals surface area (Å²) < 4.78 is 47.8. The summed E-state index contributed by atoms with van der Waals surface area (Å²) in [6.45, 7) is 1.44. The molecule has 5 rings (SSSR count). The van der Waals surface area contributed by atoms with E-state index in [0.29, 0.717) is 42.0 Å². The van der Waals surface area contributed by atoms with Crippen molar-refractivity contribution in [2.45, 2.75) is 11.3 Å². The van der Waals surface area contributed by atoms with Gasteiger partial charge in [0, 0.05) is 36.2 Å². The van der Waals surface area contributed by atoms with Crippen LogP contribution in [0.3, 0.4) is 0 Å². The molecule has 0 atom stereocenters. The van der Waals surface area contributed by atoms with Crippen LogP contribution < -0.4 is 0 Å². The normalized spacial score (nSPS) is 14.1. The Balaban J connectivity index is 1.34. The molecule has 2 amide bonds. The fourth-order valence-electron chi connectivity index (χ4n) is 4.17. The van der Waals surface area contributed by atoms with E-state index in [-0.39, 0.29) is 34.2 Å². The van der Waals surface area contributed by atoms with E-state index in [0.717, 1.165) is 23.9 Å². The Morgan fingerprint density at radius 2 is 1.69 bits per heavy atom. The molecular weight excluding hydrogens is 599 g/mol. The molecule has 0 radical (unpaired) electrons. The van der Waals surface area contributed by atoms with Crippen molar-refractivity contribution in [1.29, 1.82) is 0 Å². The van der Waals surface area contributed by atoms with Gasteiger partial charge in [0.15, 0.2) is 16.7 Å². The summed E-state index contributed by atoms with van der Waals surface area (Å²) in [6.07, 6.45) is -3.09. The molecule has 2 aromatic heterocycles. The monoisotopic (exact) mass is 619 g/mol. The first-order valence-electron chi connectivity index (χ1n) is 11.8. The summed E-state index contributed by atoms with van der Waals surface area (Å²) in [4.78, 5) is 28.8. The molecule has 13 heteroatoms. The van der Waals surface area contributed by atoms with E-state index < -0.39 is 11.7 Å². The summed E-state index contributed by atoms with van der Waals surface area (Å²) in [5.74, 6) is 0.183. The van der Waals surface area contributed by atoms with E-state index in [4.69, 9.17) is 4.42 Å². The second-order valence-corrected chi connectivity index (χ2v) is 10.4. The van der Waals surface area contributed by atoms with Gasteiger partial charge in [0.25, 0.3) is 5.91 Å². The Bertz CT molecular complexity index is 1480. The van der Waals surface area contributed by atoms with Crippen molar-refractivity contribution < 1.29 is 27.2 Å². The fraction of sp³-hybridized carbons (Fsp3) is 0.231. The van der Waals surface area contributed by atoms with Crippen LogP contribution in [0.2, 0.25) is 0 Å². The molecule has 3 heterocycles. The van der Waals surface area contributed by atoms with Crippen molar-refractivity contribution in [3.63, 3.8) is 0 Å². The smallest absolute Gasteiger partial charge is 0.416 e. The van der Waals surface area contributed by atoms with Gasteiger partial charge >= 0.3 is 6.18 Å². The van der Waals surface area contributed by atoms with Crippen molar-refractivity contribution >= 4 is 39.5 Å². The van der Waals surface area contributed by atoms with Crippen LogP contribution in [0.15, 0.2) is 81.0 Å². The molecule has 39 heavy (non-hydrogen) atoms. The molecule has 0 unspecified atom stereocenters. The van der Waals surface area contributed by atoms with Gasteiger partial charge in [0.05, 0.1) is 23.3 Å². The van der Waals surface area contributed by atoms with Crippen LogP contribution in [-0.2, 0) is 11.0 Å². The average molecular weight is 620 g/mol. The van der Waals surface area contributed by atoms with Crippen LogP contribution in [0.1, 0.15) is 16.1 Å². The number of furan rings is 1. The molecule has 0 N–H and O–H groups in total. The number of benzene rings is 2. The number of thioether (sulfide) groups is 1. The topological polar surface area (TPSA) is 84.5 Å². The molecule has 1 saturated heterocycles. The summed E-state index contributed by atoms with van der Waals surface area (Å²) in [6, 6.07) is 15.3. The molecule has 0 aliphatic carbocycles. The number of nitrogens with zero attached hydrogens (tertiary/aromatic N) is 5. The minimum atomic E-state index is -4.53. The number of hydrogen-bond acceptors (Lipinski definition) is 6. The molecule has 202 valence electrons. The second kappa shape index (κ2) is 11.3. The quantitative estimate of drug-likeness (QED) is 0.269. The zero-order chi connectivity index (χ0) is 27.6. The maximum atomic E-state index is 13.5. The highest BCUT2D eigenvalue weighted by Crippen LogP contribution is 2.35. The third-order valence-corrected chi connectivity index (χ3v) is 7.76. The zero-order valence-electron chi connectivity index (χ0n) is 20.3. The highest BCUT2D eigenvalue weighted by molar-refractivity contribution is 9.10. The van der Waals surface area contributed by atoms with Gasteiger partial charge in [-0.3, -0.25) is 14.2 Å². The number of piperazine rings is 1. The summed E-state index contributed by atoms with van der Waals surface area (Å²) in [7, 11) is 0. The predicted molar refractivity (Wildman–Crippen MR) is 141 cm³/mol. The van der Waals surface area contributed by atoms with Gasteiger partial charge in [-0.1, -0.05) is 52.0 Å². The number of carbonyl (C=O) groups is 2. The Morgan fingerprint density at radius 3 is 2.38 bits per heavy atom. The number of hydrogen-bond donors (Lipinski definition) is 0. The lowest BCUT2D eigenvalue weighted by Crippen LogP contribution is -2.51. The van der Waals surface area contributed by atoms with Crippen LogP contribution in [0, 0.1) is 0 Å². The van der Waals surface area contributed by atoms with Gasteiger partial charge in [0.1, 0.15) is 0 Å². The Morgan fingerprint density at radius 1 is 0.949 bits per heavy atom. The van der Waals surface area contributed by atoms with Gasteiger partial charge in [-0.25, -0.2) is 0 Å². The first-order valence-corrected chi connectivity index (χ1v) is 13.6. The van der Waals surface area contributed by atoms with Crippen LogP contribution >= 0.6 is 27.7 Å². The summed E-state index contributed by atoms with van der Waals surface area (Å²) >= 11 is 4.56. The maximum Gasteiger partial charge on any atom is 0.416 e. The third kappa shape index (κ3) is 5.88. The van der Waals surface area contributed by atoms with Crippen LogP contribution in [-0.4, -0.2) is 68.3 Å². The lowest BCUT2D eigenvalue weighted by molar-refractivity contribution is -0.137. The van der Waals surface area contributed by atoms with Crippen LogP contribution in [0.4, 0.5) is 13.2 Å². The molecule has 0 saturated carbocycles. The molecule has 8 nitrogen and oxygen atoms in total. The Labute approximate surface area is 233 Å². The largest absolute Gasteiger partial charge is 0.459 e. The van der Waals surface area contributed by atoms with Gasteiger partial charge in [-0.15, -0.1) is 10.2 Å². The van der Waals surface area contributed by atoms with Crippen LogP contribution in [0.25, 0.3) is 17.1 Å². The second-order valence-electron chi connectivity index (χ2n) is 8.61. The van der Waals surface area contributed by atoms with Crippen LogP contribution in [0.5, 0.6) is 0 Å². The van der Waals surface area contributed by atoms with Crippen molar-refractivity contribution in [3.05, 3.63) is 82.7 Å². The van der Waals surface area contributed by atoms with E-state index in [9.17, 15) is 22.8 Å². The standard InChI is InChI=1S/C26H21BrF3N5O3S/c27-20-8-2-1-7-19(20)23-31-32-25(35(23)18-6-3-5-17(15-18)26(28,29)30)39-16-22(36)33-10-12-34(13-11-33)24(37)21-9-4-14-38-21/h1-9,14-15H,10-13,16H2. The lowest BCUT2D eigenvalue weighted by Gasteiger charge is -2.34. The predicted octanol–water partition coefficient (Wildman–Crippen LogP) is 5.39. The molecule has 4 aromatic rings. The number of halogens is 4. The maximum absolute atomic E-state index is 13.5. The zero-order valence-corrected chi connectivity index (χ0v) is 22.7. The highest BCUT2D eigenvalue weighted by Gasteiger charge is 2.31. The Kier molecular flexibility index (Phi) is 7.80. The average Bonchev–Trinajstić information content (AvgIpc) is 3.62. The number of alkyl halides is 3. The molecule has 2 aromatic carbocycles. The van der Waals surface area contributed by atoms with Crippen molar-refractivity contribution in [1.82, 2.24) is 24.6 Å². The number of rotatable bonds is 6. The first kappa shape index (κ1) is 27.0. The van der Waals surface area contributed by atoms with Crippen molar-refractivity contribution in [2.24, 2.45) is 0 Å². The minimum Gasteiger partial charge on any atom is -0.459 e. The number of carbonyl (C=O) groups excluding carboxylic acids is 2. The van der Waals surface area contributed by atoms with Gasteiger partial charge in [-0.05, 0) is 36.4 Å². The van der Waals surface area contributed by atoms with E-state index in [1.807, 2.05) is 6.07 Å². The molecule has 1 fully saturated rings. The van der Waals surface area contributed by atoms with Gasteiger partial charge in [0.2, 0.25) is 5.91 Å². The number of amides is 2. The highest BCUT2D eigenvalue weighted by atomic mass is 79.9. The molecule has 1 aliphatic rings. The first-order chi connectivity index (χ1) is 18.7. The van der Waals surface area contributed by atoms with Gasteiger partial charge < -0.3 is 14.2 Å². The van der Waals surface area contributed by atoms with E-state index >= 15 is 0 Å². The molecular formula is C26H21BrF3N5O3S. The lowest BCUT2D eigenvalue weighted by atomic mass is 10.1. The SMILES string of the molecule is O=C(CSc1nnc(-c2ccccc2Br)n1-c1cccc(C(F)(F)F)c1)N1CCN(C(=O)c2ccco2)CC1. The van der Waals surface area contributed by atoms with E-state index in [1.54, 1.807) is 46.2 Å². The fourth-order valence-corrected chi connectivity index (χ4v) is 5.48. The number of aromatic nitrogens is 3.